The fourth-order valence-corrected chi connectivity index (χ4v) is 1.94. The minimum atomic E-state index is -0.870. The van der Waals surface area contributed by atoms with Gasteiger partial charge in [-0.1, -0.05) is 6.92 Å². The second-order valence-corrected chi connectivity index (χ2v) is 4.03. The predicted octanol–water partition coefficient (Wildman–Crippen LogP) is 0.960. The molecule has 4 heteroatoms. The molecular formula is C10H19NO3. The summed E-state index contributed by atoms with van der Waals surface area (Å²) >= 11 is 0. The molecule has 82 valence electrons. The van der Waals surface area contributed by atoms with E-state index >= 15 is 0 Å². The molecule has 0 heterocycles. The van der Waals surface area contributed by atoms with E-state index in [9.17, 15) is 9.90 Å². The van der Waals surface area contributed by atoms with E-state index in [-0.39, 0.29) is 6.61 Å². The number of carboxylic acid groups (broad SMARTS) is 1. The zero-order chi connectivity index (χ0) is 10.8. The molecule has 0 aromatic carbocycles. The number of carboxylic acids is 1. The summed E-state index contributed by atoms with van der Waals surface area (Å²) in [5.41, 5.74) is -0.870. The van der Waals surface area contributed by atoms with Gasteiger partial charge in [-0.05, 0) is 26.3 Å². The lowest BCUT2D eigenvalue weighted by molar-refractivity contribution is -0.154. The monoisotopic (exact) mass is 201 g/mol. The standard InChI is InChI=1S/C10H19NO3/c1-4-11(8-5-6-8)10(2,7-14-3)9(12)13/h8H,4-7H2,1-3H3,(H,12,13). The molecule has 0 aromatic rings. The van der Waals surface area contributed by atoms with E-state index in [4.69, 9.17) is 4.74 Å². The number of carbonyl (C=O) groups is 1. The summed E-state index contributed by atoms with van der Waals surface area (Å²) in [6.07, 6.45) is 2.22. The maximum absolute atomic E-state index is 11.2. The summed E-state index contributed by atoms with van der Waals surface area (Å²) in [6.45, 7) is 4.74. The van der Waals surface area contributed by atoms with Crippen LogP contribution in [0.4, 0.5) is 0 Å². The van der Waals surface area contributed by atoms with E-state index in [0.29, 0.717) is 6.04 Å². The Morgan fingerprint density at radius 2 is 2.21 bits per heavy atom. The third-order valence-electron chi connectivity index (χ3n) is 2.85. The molecule has 1 N–H and O–H groups in total. The molecule has 14 heavy (non-hydrogen) atoms. The largest absolute Gasteiger partial charge is 0.480 e. The topological polar surface area (TPSA) is 49.8 Å². The lowest BCUT2D eigenvalue weighted by atomic mass is 10.0. The van der Waals surface area contributed by atoms with Crippen molar-refractivity contribution in [1.82, 2.24) is 4.90 Å². The van der Waals surface area contributed by atoms with Crippen LogP contribution < -0.4 is 0 Å². The van der Waals surface area contributed by atoms with Crippen molar-refractivity contribution >= 4 is 5.97 Å². The summed E-state index contributed by atoms with van der Waals surface area (Å²) in [6, 6.07) is 0.441. The van der Waals surface area contributed by atoms with Gasteiger partial charge in [0, 0.05) is 13.2 Å². The summed E-state index contributed by atoms with van der Waals surface area (Å²) in [5.74, 6) is -0.798. The van der Waals surface area contributed by atoms with Crippen LogP contribution in [-0.2, 0) is 9.53 Å². The summed E-state index contributed by atoms with van der Waals surface area (Å²) < 4.78 is 5.01. The van der Waals surface area contributed by atoms with Crippen LogP contribution in [0, 0.1) is 0 Å². The lowest BCUT2D eigenvalue weighted by Gasteiger charge is -2.36. The molecule has 0 saturated heterocycles. The minimum Gasteiger partial charge on any atom is -0.480 e. The normalized spacial score (nSPS) is 20.9. The SMILES string of the molecule is CCN(C1CC1)C(C)(COC)C(=O)O. The van der Waals surface area contributed by atoms with Gasteiger partial charge >= 0.3 is 5.97 Å². The Morgan fingerprint density at radius 1 is 1.64 bits per heavy atom. The van der Waals surface area contributed by atoms with E-state index in [1.165, 1.54) is 0 Å². The number of nitrogens with zero attached hydrogens (tertiary/aromatic N) is 1. The fourth-order valence-electron chi connectivity index (χ4n) is 1.94. The van der Waals surface area contributed by atoms with Gasteiger partial charge in [0.1, 0.15) is 5.54 Å². The first-order valence-corrected chi connectivity index (χ1v) is 5.05. The molecule has 4 nitrogen and oxygen atoms in total. The van der Waals surface area contributed by atoms with E-state index in [0.717, 1.165) is 19.4 Å². The zero-order valence-corrected chi connectivity index (χ0v) is 9.12. The second-order valence-electron chi connectivity index (χ2n) is 4.03. The highest BCUT2D eigenvalue weighted by molar-refractivity contribution is 5.78. The number of aliphatic carboxylic acids is 1. The van der Waals surface area contributed by atoms with Crippen LogP contribution in [0.2, 0.25) is 0 Å². The van der Waals surface area contributed by atoms with Gasteiger partial charge in [0.2, 0.25) is 0 Å². The molecule has 0 amide bonds. The lowest BCUT2D eigenvalue weighted by Crippen LogP contribution is -2.56. The van der Waals surface area contributed by atoms with Crippen LogP contribution in [0.15, 0.2) is 0 Å². The zero-order valence-electron chi connectivity index (χ0n) is 9.12. The number of ether oxygens (including phenoxy) is 1. The van der Waals surface area contributed by atoms with E-state index in [2.05, 4.69) is 0 Å². The second kappa shape index (κ2) is 4.28. The maximum Gasteiger partial charge on any atom is 0.326 e. The molecule has 1 fully saturated rings. The molecule has 1 aliphatic rings. The molecule has 0 radical (unpaired) electrons. The Balaban J connectivity index is 2.77. The number of rotatable bonds is 6. The molecule has 0 spiro atoms. The molecule has 1 aliphatic carbocycles. The highest BCUT2D eigenvalue weighted by Crippen LogP contribution is 2.32. The third-order valence-corrected chi connectivity index (χ3v) is 2.85. The van der Waals surface area contributed by atoms with Crippen LogP contribution in [0.3, 0.4) is 0 Å². The number of methoxy groups -OCH3 is 1. The van der Waals surface area contributed by atoms with Crippen molar-refractivity contribution < 1.29 is 14.6 Å². The average Bonchev–Trinajstić information content (AvgIpc) is 2.89. The fraction of sp³-hybridized carbons (Fsp3) is 0.900. The Labute approximate surface area is 84.8 Å². The van der Waals surface area contributed by atoms with Gasteiger partial charge in [-0.25, -0.2) is 0 Å². The Kier molecular flexibility index (Phi) is 3.50. The van der Waals surface area contributed by atoms with E-state index in [1.54, 1.807) is 14.0 Å². The quantitative estimate of drug-likeness (QED) is 0.695. The summed E-state index contributed by atoms with van der Waals surface area (Å²) in [5, 5.41) is 9.22. The van der Waals surface area contributed by atoms with Crippen molar-refractivity contribution in [2.24, 2.45) is 0 Å². The smallest absolute Gasteiger partial charge is 0.326 e. The van der Waals surface area contributed by atoms with E-state index in [1.807, 2.05) is 11.8 Å². The minimum absolute atomic E-state index is 0.243. The molecular weight excluding hydrogens is 182 g/mol. The first-order valence-electron chi connectivity index (χ1n) is 5.05. The number of hydrogen-bond acceptors (Lipinski definition) is 3. The van der Waals surface area contributed by atoms with Crippen molar-refractivity contribution in [3.05, 3.63) is 0 Å². The molecule has 0 bridgehead atoms. The first-order chi connectivity index (χ1) is 6.56. The van der Waals surface area contributed by atoms with Gasteiger partial charge in [-0.2, -0.15) is 0 Å². The molecule has 1 saturated carbocycles. The van der Waals surface area contributed by atoms with Gasteiger partial charge in [-0.15, -0.1) is 0 Å². The van der Waals surface area contributed by atoms with Crippen LogP contribution in [0.1, 0.15) is 26.7 Å². The molecule has 1 unspecified atom stereocenters. The Hall–Kier alpha value is -0.610. The highest BCUT2D eigenvalue weighted by atomic mass is 16.5. The van der Waals surface area contributed by atoms with E-state index < -0.39 is 11.5 Å². The maximum atomic E-state index is 11.2. The molecule has 1 rings (SSSR count). The van der Waals surface area contributed by atoms with Gasteiger partial charge in [-0.3, -0.25) is 9.69 Å². The predicted molar refractivity (Wildman–Crippen MR) is 53.3 cm³/mol. The highest BCUT2D eigenvalue weighted by Gasteiger charge is 2.45. The van der Waals surface area contributed by atoms with Crippen molar-refractivity contribution in [1.29, 1.82) is 0 Å². The van der Waals surface area contributed by atoms with Crippen molar-refractivity contribution in [3.63, 3.8) is 0 Å². The number of hydrogen-bond donors (Lipinski definition) is 1. The molecule has 1 atom stereocenters. The van der Waals surface area contributed by atoms with Gasteiger partial charge in [0.25, 0.3) is 0 Å². The number of likely N-dealkylation sites (N-methyl/N-ethyl adjacent to an activating group) is 1. The van der Waals surface area contributed by atoms with Gasteiger partial charge in [0.15, 0.2) is 0 Å². The van der Waals surface area contributed by atoms with Crippen molar-refractivity contribution in [2.45, 2.75) is 38.3 Å². The van der Waals surface area contributed by atoms with Gasteiger partial charge < -0.3 is 9.84 Å². The van der Waals surface area contributed by atoms with Crippen LogP contribution >= 0.6 is 0 Å². The molecule has 0 aliphatic heterocycles. The van der Waals surface area contributed by atoms with Crippen LogP contribution in [0.5, 0.6) is 0 Å². The summed E-state index contributed by atoms with van der Waals surface area (Å²) in [4.78, 5) is 13.2. The Bertz CT molecular complexity index is 215. The van der Waals surface area contributed by atoms with Crippen molar-refractivity contribution in [2.75, 3.05) is 20.3 Å². The third kappa shape index (κ3) is 2.07. The van der Waals surface area contributed by atoms with Gasteiger partial charge in [0.05, 0.1) is 6.61 Å². The summed E-state index contributed by atoms with van der Waals surface area (Å²) in [7, 11) is 1.54. The molecule has 0 aromatic heterocycles. The van der Waals surface area contributed by atoms with Crippen molar-refractivity contribution in [3.8, 4) is 0 Å². The first kappa shape index (κ1) is 11.5. The van der Waals surface area contributed by atoms with Crippen LogP contribution in [0.25, 0.3) is 0 Å². The average molecular weight is 201 g/mol. The Morgan fingerprint density at radius 3 is 2.50 bits per heavy atom. The van der Waals surface area contributed by atoms with Crippen LogP contribution in [-0.4, -0.2) is 47.8 Å².